The second-order valence-electron chi connectivity index (χ2n) is 18.2. The van der Waals surface area contributed by atoms with Crippen LogP contribution in [0.4, 0.5) is 0 Å². The molecule has 2 aliphatic heterocycles. The van der Waals surface area contributed by atoms with Crippen molar-refractivity contribution in [1.29, 1.82) is 0 Å². The van der Waals surface area contributed by atoms with Crippen LogP contribution >= 0.6 is 0 Å². The Balaban J connectivity index is 1.79. The lowest BCUT2D eigenvalue weighted by Gasteiger charge is -2.46. The van der Waals surface area contributed by atoms with Gasteiger partial charge in [-0.15, -0.1) is 0 Å². The SMILES string of the molecule is CCCCCCCCCCCCCCCCCC(CCCCCCCCCCCCCCC(C)C)O[C@@H]1O[C@@H](CO)[C@H](O[C@H]2O[C@@H](CO)[C@@H](O)[C@H](O)[C@@H]2O)[C@H](O)[C@@H]1O. The van der Waals surface area contributed by atoms with Gasteiger partial charge < -0.3 is 54.7 Å². The molecule has 2 fully saturated rings. The molecule has 346 valence electrons. The fourth-order valence-corrected chi connectivity index (χ4v) is 8.57. The molecule has 2 heterocycles. The minimum absolute atomic E-state index is 0.184. The maximum Gasteiger partial charge on any atom is 0.187 e. The first kappa shape index (κ1) is 53.7. The average molecular weight is 833 g/mol. The Kier molecular flexibility index (Phi) is 31.6. The summed E-state index contributed by atoms with van der Waals surface area (Å²) in [5.74, 6) is 0.816. The van der Waals surface area contributed by atoms with Crippen molar-refractivity contribution in [3.05, 3.63) is 0 Å². The zero-order valence-corrected chi connectivity index (χ0v) is 37.3. The van der Waals surface area contributed by atoms with Crippen LogP contribution in [0.2, 0.25) is 0 Å². The second-order valence-corrected chi connectivity index (χ2v) is 18.2. The van der Waals surface area contributed by atoms with Gasteiger partial charge >= 0.3 is 0 Å². The van der Waals surface area contributed by atoms with E-state index in [0.29, 0.717) is 0 Å². The van der Waals surface area contributed by atoms with Gasteiger partial charge in [-0.3, -0.25) is 0 Å². The summed E-state index contributed by atoms with van der Waals surface area (Å²) in [6.45, 7) is 5.66. The van der Waals surface area contributed by atoms with Gasteiger partial charge in [-0.25, -0.2) is 0 Å². The molecule has 2 saturated heterocycles. The molecule has 2 rings (SSSR count). The third-order valence-corrected chi connectivity index (χ3v) is 12.5. The molecule has 11 atom stereocenters. The van der Waals surface area contributed by atoms with Gasteiger partial charge in [-0.1, -0.05) is 201 Å². The molecular formula is C47H92O11. The monoisotopic (exact) mass is 833 g/mol. The predicted octanol–water partition coefficient (Wildman–Crippen LogP) is 8.37. The number of ether oxygens (including phenoxy) is 4. The van der Waals surface area contributed by atoms with Crippen molar-refractivity contribution in [3.8, 4) is 0 Å². The summed E-state index contributed by atoms with van der Waals surface area (Å²) in [7, 11) is 0. The first-order valence-corrected chi connectivity index (χ1v) is 24.4. The van der Waals surface area contributed by atoms with Crippen LogP contribution < -0.4 is 0 Å². The predicted molar refractivity (Wildman–Crippen MR) is 230 cm³/mol. The van der Waals surface area contributed by atoms with E-state index in [4.69, 9.17) is 18.9 Å². The van der Waals surface area contributed by atoms with Crippen LogP contribution in [0.1, 0.15) is 213 Å². The standard InChI is InChI=1S/C47H92O11/c1-4-5-6-7-8-9-10-11-12-13-17-20-23-26-29-32-37(33-30-27-24-21-18-15-14-16-19-22-25-28-31-36(2)3)55-46-44(54)42(52)45(39(35-49)57-46)58-47-43(53)41(51)40(50)38(34-48)56-47/h36-54H,4-35H2,1-3H3/t37?,38-,39-,40+,41-,42+,43-,44-,45-,46+,47+/m0/s1. The van der Waals surface area contributed by atoms with Gasteiger partial charge in [0.2, 0.25) is 0 Å². The molecule has 7 N–H and O–H groups in total. The maximum atomic E-state index is 11.2. The van der Waals surface area contributed by atoms with Gasteiger partial charge in [0.1, 0.15) is 48.8 Å². The van der Waals surface area contributed by atoms with Crippen molar-refractivity contribution < 1.29 is 54.7 Å². The summed E-state index contributed by atoms with van der Waals surface area (Å²) in [6.07, 6.45) is 23.0. The summed E-state index contributed by atoms with van der Waals surface area (Å²) >= 11 is 0. The zero-order valence-electron chi connectivity index (χ0n) is 37.3. The van der Waals surface area contributed by atoms with Crippen LogP contribution in [-0.2, 0) is 18.9 Å². The van der Waals surface area contributed by atoms with E-state index < -0.39 is 74.6 Å². The highest BCUT2D eigenvalue weighted by Crippen LogP contribution is 2.31. The number of rotatable bonds is 37. The Hall–Kier alpha value is -0.440. The average Bonchev–Trinajstić information content (AvgIpc) is 3.21. The number of unbranched alkanes of at least 4 members (excludes halogenated alkanes) is 25. The minimum Gasteiger partial charge on any atom is -0.394 e. The third-order valence-electron chi connectivity index (χ3n) is 12.5. The molecule has 11 heteroatoms. The fourth-order valence-electron chi connectivity index (χ4n) is 8.57. The molecule has 58 heavy (non-hydrogen) atoms. The summed E-state index contributed by atoms with van der Waals surface area (Å²) in [5, 5.41) is 73.0. The number of hydrogen-bond acceptors (Lipinski definition) is 11. The van der Waals surface area contributed by atoms with Crippen molar-refractivity contribution in [2.45, 2.75) is 281 Å². The smallest absolute Gasteiger partial charge is 0.187 e. The largest absolute Gasteiger partial charge is 0.394 e. The van der Waals surface area contributed by atoms with Crippen molar-refractivity contribution in [2.24, 2.45) is 5.92 Å². The van der Waals surface area contributed by atoms with Crippen molar-refractivity contribution >= 4 is 0 Å². The first-order chi connectivity index (χ1) is 28.1. The van der Waals surface area contributed by atoms with Crippen molar-refractivity contribution in [2.75, 3.05) is 13.2 Å². The quantitative estimate of drug-likeness (QED) is 0.0299. The van der Waals surface area contributed by atoms with Crippen LogP contribution in [0.15, 0.2) is 0 Å². The van der Waals surface area contributed by atoms with Crippen molar-refractivity contribution in [3.63, 3.8) is 0 Å². The highest BCUT2D eigenvalue weighted by Gasteiger charge is 2.51. The lowest BCUT2D eigenvalue weighted by Crippen LogP contribution is -2.64. The van der Waals surface area contributed by atoms with E-state index in [-0.39, 0.29) is 6.10 Å². The summed E-state index contributed by atoms with van der Waals surface area (Å²) in [4.78, 5) is 0. The van der Waals surface area contributed by atoms with Crippen molar-refractivity contribution in [1.82, 2.24) is 0 Å². The van der Waals surface area contributed by atoms with Gasteiger partial charge in [0, 0.05) is 0 Å². The van der Waals surface area contributed by atoms with E-state index in [0.717, 1.165) is 44.4 Å². The van der Waals surface area contributed by atoms with E-state index in [9.17, 15) is 35.7 Å². The van der Waals surface area contributed by atoms with Crippen LogP contribution in [-0.4, -0.2) is 116 Å². The normalized spacial score (nSPS) is 28.4. The second kappa shape index (κ2) is 34.1. The molecule has 0 amide bonds. The summed E-state index contributed by atoms with van der Waals surface area (Å²) in [5.41, 5.74) is 0. The van der Waals surface area contributed by atoms with E-state index in [1.54, 1.807) is 0 Å². The lowest BCUT2D eigenvalue weighted by atomic mass is 9.96. The Morgan fingerprint density at radius 3 is 1.17 bits per heavy atom. The van der Waals surface area contributed by atoms with Gasteiger partial charge in [-0.05, 0) is 18.8 Å². The van der Waals surface area contributed by atoms with Gasteiger partial charge in [0.15, 0.2) is 12.6 Å². The third kappa shape index (κ3) is 22.6. The first-order valence-electron chi connectivity index (χ1n) is 24.4. The Labute approximate surface area is 354 Å². The molecule has 0 bridgehead atoms. The molecule has 0 saturated carbocycles. The fraction of sp³-hybridized carbons (Fsp3) is 1.00. The van der Waals surface area contributed by atoms with Gasteiger partial charge in [0.05, 0.1) is 19.3 Å². The Morgan fingerprint density at radius 2 is 0.776 bits per heavy atom. The Morgan fingerprint density at radius 1 is 0.414 bits per heavy atom. The topological polar surface area (TPSA) is 179 Å². The van der Waals surface area contributed by atoms with E-state index in [2.05, 4.69) is 20.8 Å². The molecule has 0 spiro atoms. The minimum atomic E-state index is -1.70. The number of hydrogen-bond donors (Lipinski definition) is 7. The van der Waals surface area contributed by atoms with Crippen LogP contribution in [0.3, 0.4) is 0 Å². The van der Waals surface area contributed by atoms with Gasteiger partial charge in [0.25, 0.3) is 0 Å². The molecule has 0 aromatic rings. The Bertz CT molecular complexity index is 923. The number of aliphatic hydroxyl groups excluding tert-OH is 7. The molecule has 0 radical (unpaired) electrons. The van der Waals surface area contributed by atoms with Crippen LogP contribution in [0, 0.1) is 5.92 Å². The highest BCUT2D eigenvalue weighted by molar-refractivity contribution is 4.94. The molecule has 1 unspecified atom stereocenters. The van der Waals surface area contributed by atoms with Crippen LogP contribution in [0.5, 0.6) is 0 Å². The summed E-state index contributed by atoms with van der Waals surface area (Å²) in [6, 6.07) is 0. The molecule has 0 aromatic carbocycles. The number of aliphatic hydroxyl groups is 7. The summed E-state index contributed by atoms with van der Waals surface area (Å²) < 4.78 is 23.6. The van der Waals surface area contributed by atoms with E-state index in [1.165, 1.54) is 154 Å². The molecule has 2 aliphatic rings. The maximum absolute atomic E-state index is 11.2. The van der Waals surface area contributed by atoms with E-state index >= 15 is 0 Å². The van der Waals surface area contributed by atoms with E-state index in [1.807, 2.05) is 0 Å². The zero-order chi connectivity index (χ0) is 42.4. The molecule has 0 aliphatic carbocycles. The highest BCUT2D eigenvalue weighted by atomic mass is 16.7. The van der Waals surface area contributed by atoms with Gasteiger partial charge in [-0.2, -0.15) is 0 Å². The lowest BCUT2D eigenvalue weighted by molar-refractivity contribution is -0.363. The molecule has 11 nitrogen and oxygen atoms in total. The molecular weight excluding hydrogens is 741 g/mol. The van der Waals surface area contributed by atoms with Crippen LogP contribution in [0.25, 0.3) is 0 Å². The molecule has 0 aromatic heterocycles.